The lowest BCUT2D eigenvalue weighted by Crippen LogP contribution is -2.32. The molecule has 2 aromatic rings. The lowest BCUT2D eigenvalue weighted by Gasteiger charge is -2.21. The van der Waals surface area contributed by atoms with Gasteiger partial charge in [-0.3, -0.25) is 4.79 Å². The van der Waals surface area contributed by atoms with Gasteiger partial charge in [0.25, 0.3) is 5.91 Å². The molecule has 0 atom stereocenters. The van der Waals surface area contributed by atoms with Crippen LogP contribution in [0.25, 0.3) is 11.0 Å². The standard InChI is InChI=1S/C14H16BrN3O2/c1-4-18(7-8(2)3)13(19)10-5-9(15)6-11-12(10)17-14(20)16-11/h5-6H,2,4,7H2,1,3H3,(H2,16,17,20). The number of amides is 1. The molecular weight excluding hydrogens is 322 g/mol. The van der Waals surface area contributed by atoms with Crippen molar-refractivity contribution in [3.8, 4) is 0 Å². The Morgan fingerprint density at radius 3 is 2.70 bits per heavy atom. The van der Waals surface area contributed by atoms with Gasteiger partial charge < -0.3 is 14.9 Å². The number of rotatable bonds is 4. The zero-order valence-electron chi connectivity index (χ0n) is 11.4. The SMILES string of the molecule is C=C(C)CN(CC)C(=O)c1cc(Br)cc2[nH]c(=O)[nH]c12. The van der Waals surface area contributed by atoms with Gasteiger partial charge in [0.1, 0.15) is 0 Å². The minimum atomic E-state index is -0.324. The molecule has 6 heteroatoms. The highest BCUT2D eigenvalue weighted by atomic mass is 79.9. The third-order valence-corrected chi connectivity index (χ3v) is 3.41. The Morgan fingerprint density at radius 2 is 2.10 bits per heavy atom. The first kappa shape index (κ1) is 14.6. The van der Waals surface area contributed by atoms with Gasteiger partial charge >= 0.3 is 5.69 Å². The van der Waals surface area contributed by atoms with E-state index in [1.54, 1.807) is 17.0 Å². The molecule has 0 aliphatic carbocycles. The number of hydrogen-bond acceptors (Lipinski definition) is 2. The molecule has 1 amide bonds. The number of halogens is 1. The first-order valence-electron chi connectivity index (χ1n) is 6.27. The highest BCUT2D eigenvalue weighted by Gasteiger charge is 2.19. The Morgan fingerprint density at radius 1 is 1.40 bits per heavy atom. The molecule has 0 radical (unpaired) electrons. The second-order valence-corrected chi connectivity index (χ2v) is 5.65. The van der Waals surface area contributed by atoms with Crippen LogP contribution in [0.1, 0.15) is 24.2 Å². The summed E-state index contributed by atoms with van der Waals surface area (Å²) in [6.45, 7) is 8.70. The van der Waals surface area contributed by atoms with Crippen LogP contribution >= 0.6 is 15.9 Å². The Kier molecular flexibility index (Phi) is 4.13. The van der Waals surface area contributed by atoms with Gasteiger partial charge in [0.15, 0.2) is 0 Å². The van der Waals surface area contributed by atoms with Crippen molar-refractivity contribution in [2.75, 3.05) is 13.1 Å². The highest BCUT2D eigenvalue weighted by Crippen LogP contribution is 2.22. The predicted molar refractivity (Wildman–Crippen MR) is 83.0 cm³/mol. The predicted octanol–water partition coefficient (Wildman–Crippen LogP) is 2.66. The largest absolute Gasteiger partial charge is 0.335 e. The number of nitrogens with one attached hydrogen (secondary N) is 2. The molecule has 0 saturated carbocycles. The summed E-state index contributed by atoms with van der Waals surface area (Å²) < 4.78 is 0.745. The Labute approximate surface area is 124 Å². The summed E-state index contributed by atoms with van der Waals surface area (Å²) in [7, 11) is 0. The molecular formula is C14H16BrN3O2. The van der Waals surface area contributed by atoms with Crippen LogP contribution < -0.4 is 5.69 Å². The summed E-state index contributed by atoms with van der Waals surface area (Å²) in [6.07, 6.45) is 0. The molecule has 2 rings (SSSR count). The molecule has 0 fully saturated rings. The lowest BCUT2D eigenvalue weighted by molar-refractivity contribution is 0.0780. The van der Waals surface area contributed by atoms with Crippen LogP contribution in [0.3, 0.4) is 0 Å². The van der Waals surface area contributed by atoms with Gasteiger partial charge in [0.2, 0.25) is 0 Å². The molecule has 0 saturated heterocycles. The van der Waals surface area contributed by atoms with E-state index in [0.717, 1.165) is 10.0 Å². The molecule has 0 unspecified atom stereocenters. The zero-order chi connectivity index (χ0) is 14.9. The van der Waals surface area contributed by atoms with Crippen LogP contribution in [0.5, 0.6) is 0 Å². The topological polar surface area (TPSA) is 69.0 Å². The molecule has 0 aliphatic heterocycles. The molecule has 0 aliphatic rings. The van der Waals surface area contributed by atoms with E-state index < -0.39 is 0 Å². The maximum absolute atomic E-state index is 12.6. The van der Waals surface area contributed by atoms with Crippen molar-refractivity contribution >= 4 is 32.9 Å². The van der Waals surface area contributed by atoms with E-state index in [4.69, 9.17) is 0 Å². The van der Waals surface area contributed by atoms with Gasteiger partial charge in [-0.2, -0.15) is 0 Å². The lowest BCUT2D eigenvalue weighted by atomic mass is 10.1. The van der Waals surface area contributed by atoms with Crippen molar-refractivity contribution in [2.24, 2.45) is 0 Å². The normalized spacial score (nSPS) is 10.8. The van der Waals surface area contributed by atoms with Gasteiger partial charge in [-0.05, 0) is 26.0 Å². The summed E-state index contributed by atoms with van der Waals surface area (Å²) in [5.74, 6) is -0.128. The number of imidazole rings is 1. The smallest absolute Gasteiger partial charge is 0.323 e. The van der Waals surface area contributed by atoms with E-state index >= 15 is 0 Å². The number of carbonyl (C=O) groups excluding carboxylic acids is 1. The number of carbonyl (C=O) groups is 1. The summed E-state index contributed by atoms with van der Waals surface area (Å²) in [5.41, 5.74) is 2.20. The van der Waals surface area contributed by atoms with Crippen molar-refractivity contribution in [1.82, 2.24) is 14.9 Å². The van der Waals surface area contributed by atoms with Crippen LogP contribution in [0, 0.1) is 0 Å². The molecule has 1 aromatic heterocycles. The van der Waals surface area contributed by atoms with Crippen molar-refractivity contribution in [3.63, 3.8) is 0 Å². The quantitative estimate of drug-likeness (QED) is 0.842. The molecule has 2 N–H and O–H groups in total. The van der Waals surface area contributed by atoms with Crippen LogP contribution in [0.2, 0.25) is 0 Å². The monoisotopic (exact) mass is 337 g/mol. The van der Waals surface area contributed by atoms with E-state index in [1.165, 1.54) is 0 Å². The van der Waals surface area contributed by atoms with E-state index in [1.807, 2.05) is 13.8 Å². The fraction of sp³-hybridized carbons (Fsp3) is 0.286. The number of nitrogens with zero attached hydrogens (tertiary/aromatic N) is 1. The summed E-state index contributed by atoms with van der Waals surface area (Å²) in [6, 6.07) is 3.48. The maximum atomic E-state index is 12.6. The Hall–Kier alpha value is -1.82. The number of aromatic amines is 2. The summed E-state index contributed by atoms with van der Waals surface area (Å²) in [5, 5.41) is 0. The van der Waals surface area contributed by atoms with Gasteiger partial charge in [-0.15, -0.1) is 0 Å². The second-order valence-electron chi connectivity index (χ2n) is 4.73. The second kappa shape index (κ2) is 5.66. The van der Waals surface area contributed by atoms with Gasteiger partial charge in [0, 0.05) is 17.6 Å². The van der Waals surface area contributed by atoms with Crippen LogP contribution in [-0.2, 0) is 0 Å². The van der Waals surface area contributed by atoms with E-state index in [2.05, 4.69) is 32.5 Å². The van der Waals surface area contributed by atoms with Gasteiger partial charge in [0.05, 0.1) is 16.6 Å². The van der Waals surface area contributed by atoms with Gasteiger partial charge in [-0.25, -0.2) is 4.79 Å². The van der Waals surface area contributed by atoms with Crippen molar-refractivity contribution in [1.29, 1.82) is 0 Å². The first-order valence-corrected chi connectivity index (χ1v) is 7.07. The summed E-state index contributed by atoms with van der Waals surface area (Å²) in [4.78, 5) is 31.1. The Balaban J connectivity index is 2.53. The van der Waals surface area contributed by atoms with Crippen LogP contribution in [-0.4, -0.2) is 33.9 Å². The molecule has 5 nitrogen and oxygen atoms in total. The third-order valence-electron chi connectivity index (χ3n) is 2.95. The number of H-pyrrole nitrogens is 2. The maximum Gasteiger partial charge on any atom is 0.323 e. The number of likely N-dealkylation sites (N-methyl/N-ethyl adjacent to an activating group) is 1. The van der Waals surface area contributed by atoms with Crippen molar-refractivity contribution < 1.29 is 4.79 Å². The van der Waals surface area contributed by atoms with E-state index in [9.17, 15) is 9.59 Å². The van der Waals surface area contributed by atoms with E-state index in [-0.39, 0.29) is 11.6 Å². The Bertz CT molecular complexity index is 730. The fourth-order valence-electron chi connectivity index (χ4n) is 2.10. The summed E-state index contributed by atoms with van der Waals surface area (Å²) >= 11 is 3.36. The van der Waals surface area contributed by atoms with Crippen molar-refractivity contribution in [3.05, 3.63) is 44.8 Å². The molecule has 20 heavy (non-hydrogen) atoms. The number of benzene rings is 1. The fourth-order valence-corrected chi connectivity index (χ4v) is 2.56. The molecule has 1 aromatic carbocycles. The molecule has 1 heterocycles. The van der Waals surface area contributed by atoms with Gasteiger partial charge in [-0.1, -0.05) is 28.1 Å². The van der Waals surface area contributed by atoms with Crippen LogP contribution in [0.15, 0.2) is 33.6 Å². The van der Waals surface area contributed by atoms with Crippen molar-refractivity contribution in [2.45, 2.75) is 13.8 Å². The minimum Gasteiger partial charge on any atom is -0.335 e. The van der Waals surface area contributed by atoms with Crippen LogP contribution in [0.4, 0.5) is 0 Å². The average molecular weight is 338 g/mol. The average Bonchev–Trinajstić information content (AvgIpc) is 2.73. The highest BCUT2D eigenvalue weighted by molar-refractivity contribution is 9.10. The number of hydrogen-bond donors (Lipinski definition) is 2. The third kappa shape index (κ3) is 2.85. The van der Waals surface area contributed by atoms with E-state index in [0.29, 0.717) is 29.7 Å². The minimum absolute atomic E-state index is 0.128. The molecule has 0 bridgehead atoms. The molecule has 106 valence electrons. The molecule has 0 spiro atoms. The number of aromatic nitrogens is 2. The zero-order valence-corrected chi connectivity index (χ0v) is 13.0. The number of fused-ring (bicyclic) bond motifs is 1. The first-order chi connectivity index (χ1) is 9.42.